The number of nitrogens with one attached hydrogen (secondary N) is 1. The minimum Gasteiger partial charge on any atom is -0.550 e. The molecule has 2 rings (SSSR count). The number of ether oxygens (including phenoxy) is 2. The van der Waals surface area contributed by atoms with Crippen LogP contribution in [0, 0.1) is 5.41 Å². The van der Waals surface area contributed by atoms with Crippen LogP contribution in [0.4, 0.5) is 5.69 Å². The molecular weight excluding hydrogens is 286 g/mol. The second kappa shape index (κ2) is 6.68. The molecule has 0 atom stereocenters. The van der Waals surface area contributed by atoms with E-state index in [0.29, 0.717) is 30.4 Å². The minimum atomic E-state index is -1.16. The highest BCUT2D eigenvalue weighted by Gasteiger charge is 2.22. The Bertz CT molecular complexity index is 568. The lowest BCUT2D eigenvalue weighted by molar-refractivity contribution is -0.307. The van der Waals surface area contributed by atoms with E-state index in [0.717, 1.165) is 6.42 Å². The van der Waals surface area contributed by atoms with E-state index in [1.54, 1.807) is 32.0 Å². The van der Waals surface area contributed by atoms with Gasteiger partial charge in [0, 0.05) is 30.6 Å². The number of anilines is 1. The lowest BCUT2D eigenvalue weighted by atomic mass is 9.85. The number of carbonyl (C=O) groups is 2. The Morgan fingerprint density at radius 3 is 2.55 bits per heavy atom. The molecule has 0 bridgehead atoms. The predicted octanol–water partition coefficient (Wildman–Crippen LogP) is 1.34. The summed E-state index contributed by atoms with van der Waals surface area (Å²) in [6, 6.07) is 5.20. The van der Waals surface area contributed by atoms with Crippen LogP contribution in [-0.2, 0) is 9.59 Å². The van der Waals surface area contributed by atoms with Crippen molar-refractivity contribution in [3.63, 3.8) is 0 Å². The zero-order valence-electron chi connectivity index (χ0n) is 12.8. The third-order valence-corrected chi connectivity index (χ3v) is 3.29. The second-order valence-corrected chi connectivity index (χ2v) is 6.15. The summed E-state index contributed by atoms with van der Waals surface area (Å²) in [6.07, 6.45) is 0.741. The van der Waals surface area contributed by atoms with Crippen LogP contribution in [0.15, 0.2) is 18.2 Å². The summed E-state index contributed by atoms with van der Waals surface area (Å²) in [5.41, 5.74) is -0.0627. The Morgan fingerprint density at radius 2 is 1.86 bits per heavy atom. The van der Waals surface area contributed by atoms with Crippen LogP contribution in [0.25, 0.3) is 0 Å². The third kappa shape index (κ3) is 4.65. The van der Waals surface area contributed by atoms with Gasteiger partial charge >= 0.3 is 0 Å². The number of carboxylic acid groups (broad SMARTS) is 1. The van der Waals surface area contributed by atoms with Gasteiger partial charge in [0.05, 0.1) is 13.2 Å². The number of hydrogen-bond acceptors (Lipinski definition) is 5. The molecule has 1 N–H and O–H groups in total. The molecule has 120 valence electrons. The highest BCUT2D eigenvalue weighted by Crippen LogP contribution is 2.32. The van der Waals surface area contributed by atoms with Crippen molar-refractivity contribution in [2.75, 3.05) is 18.5 Å². The topological polar surface area (TPSA) is 87.7 Å². The summed E-state index contributed by atoms with van der Waals surface area (Å²) >= 11 is 0. The maximum atomic E-state index is 12.0. The molecule has 0 saturated heterocycles. The molecule has 0 radical (unpaired) electrons. The predicted molar refractivity (Wildman–Crippen MR) is 78.7 cm³/mol. The highest BCUT2D eigenvalue weighted by atomic mass is 16.5. The number of aliphatic carboxylic acids is 1. The molecule has 1 heterocycles. The van der Waals surface area contributed by atoms with Gasteiger partial charge in [0.25, 0.3) is 0 Å². The highest BCUT2D eigenvalue weighted by molar-refractivity contribution is 5.91. The van der Waals surface area contributed by atoms with Crippen molar-refractivity contribution in [2.45, 2.75) is 33.1 Å². The van der Waals surface area contributed by atoms with Gasteiger partial charge in [-0.05, 0) is 24.0 Å². The zero-order chi connectivity index (χ0) is 16.2. The standard InChI is InChI=1S/C16H21NO5/c1-16(2,10-15(19)20)9-14(18)17-11-4-5-12-13(8-11)22-7-3-6-21-12/h4-5,8H,3,6-7,9-10H2,1-2H3,(H,17,18)(H,19,20)/p-1. The van der Waals surface area contributed by atoms with Crippen LogP contribution in [-0.4, -0.2) is 25.1 Å². The van der Waals surface area contributed by atoms with Gasteiger partial charge in [0.1, 0.15) is 0 Å². The van der Waals surface area contributed by atoms with Crippen LogP contribution in [0.3, 0.4) is 0 Å². The number of benzene rings is 1. The molecule has 22 heavy (non-hydrogen) atoms. The van der Waals surface area contributed by atoms with E-state index in [1.807, 2.05) is 0 Å². The molecule has 1 amide bonds. The van der Waals surface area contributed by atoms with Crippen LogP contribution in [0.5, 0.6) is 11.5 Å². The molecule has 1 aromatic rings. The summed E-state index contributed by atoms with van der Waals surface area (Å²) < 4.78 is 11.1. The van der Waals surface area contributed by atoms with Gasteiger partial charge in [-0.1, -0.05) is 13.8 Å². The quantitative estimate of drug-likeness (QED) is 0.887. The lowest BCUT2D eigenvalue weighted by Gasteiger charge is -2.24. The lowest BCUT2D eigenvalue weighted by Crippen LogP contribution is -2.31. The van der Waals surface area contributed by atoms with Crippen LogP contribution >= 0.6 is 0 Å². The Morgan fingerprint density at radius 1 is 1.18 bits per heavy atom. The van der Waals surface area contributed by atoms with Crippen molar-refractivity contribution in [2.24, 2.45) is 5.41 Å². The molecule has 0 saturated carbocycles. The van der Waals surface area contributed by atoms with E-state index in [-0.39, 0.29) is 18.7 Å². The molecule has 1 aromatic carbocycles. The Balaban J connectivity index is 2.00. The first kappa shape index (κ1) is 16.1. The fraction of sp³-hybridized carbons (Fsp3) is 0.500. The molecule has 0 fully saturated rings. The number of amides is 1. The fourth-order valence-electron chi connectivity index (χ4n) is 2.33. The number of fused-ring (bicyclic) bond motifs is 1. The smallest absolute Gasteiger partial charge is 0.224 e. The number of rotatable bonds is 5. The molecule has 0 aliphatic carbocycles. The average molecular weight is 306 g/mol. The van der Waals surface area contributed by atoms with Crippen LogP contribution < -0.4 is 19.9 Å². The molecule has 1 aliphatic rings. The van der Waals surface area contributed by atoms with Crippen molar-refractivity contribution in [3.05, 3.63) is 18.2 Å². The summed E-state index contributed by atoms with van der Waals surface area (Å²) in [7, 11) is 0. The minimum absolute atomic E-state index is 0.0927. The van der Waals surface area contributed by atoms with Crippen molar-refractivity contribution in [3.8, 4) is 11.5 Å². The molecule has 0 aromatic heterocycles. The molecule has 0 spiro atoms. The SMILES string of the molecule is CC(C)(CC(=O)[O-])CC(=O)Nc1ccc2c(c1)OCCCO2. The molecule has 1 aliphatic heterocycles. The fourth-order valence-corrected chi connectivity index (χ4v) is 2.33. The Labute approximate surface area is 129 Å². The van der Waals surface area contributed by atoms with Crippen LogP contribution in [0.2, 0.25) is 0 Å². The van der Waals surface area contributed by atoms with Crippen LogP contribution in [0.1, 0.15) is 33.1 Å². The molecule has 6 heteroatoms. The van der Waals surface area contributed by atoms with E-state index < -0.39 is 11.4 Å². The van der Waals surface area contributed by atoms with Crippen molar-refractivity contribution < 1.29 is 24.2 Å². The number of carbonyl (C=O) groups excluding carboxylic acids is 2. The van der Waals surface area contributed by atoms with Gasteiger partial charge in [-0.2, -0.15) is 0 Å². The number of hydrogen-bond donors (Lipinski definition) is 1. The third-order valence-electron chi connectivity index (χ3n) is 3.29. The summed E-state index contributed by atoms with van der Waals surface area (Å²) in [4.78, 5) is 22.7. The van der Waals surface area contributed by atoms with Crippen molar-refractivity contribution in [1.82, 2.24) is 0 Å². The summed E-state index contributed by atoms with van der Waals surface area (Å²) in [5.74, 6) is -0.147. The maximum Gasteiger partial charge on any atom is 0.224 e. The van der Waals surface area contributed by atoms with Gasteiger partial charge < -0.3 is 24.7 Å². The van der Waals surface area contributed by atoms with Crippen molar-refractivity contribution in [1.29, 1.82) is 0 Å². The van der Waals surface area contributed by atoms with Gasteiger partial charge in [0.15, 0.2) is 11.5 Å². The monoisotopic (exact) mass is 306 g/mol. The largest absolute Gasteiger partial charge is 0.550 e. The first-order valence-electron chi connectivity index (χ1n) is 7.25. The zero-order valence-corrected chi connectivity index (χ0v) is 12.8. The van der Waals surface area contributed by atoms with E-state index >= 15 is 0 Å². The summed E-state index contributed by atoms with van der Waals surface area (Å²) in [6.45, 7) is 4.62. The molecular formula is C16H20NO5-. The maximum absolute atomic E-state index is 12.0. The Hall–Kier alpha value is -2.24. The van der Waals surface area contributed by atoms with Crippen molar-refractivity contribution >= 4 is 17.6 Å². The number of carboxylic acids is 1. The van der Waals surface area contributed by atoms with E-state index in [2.05, 4.69) is 5.32 Å². The second-order valence-electron chi connectivity index (χ2n) is 6.15. The van der Waals surface area contributed by atoms with E-state index in [4.69, 9.17) is 9.47 Å². The van der Waals surface area contributed by atoms with Gasteiger partial charge in [-0.25, -0.2) is 0 Å². The first-order valence-corrected chi connectivity index (χ1v) is 7.25. The van der Waals surface area contributed by atoms with E-state index in [9.17, 15) is 14.7 Å². The Kier molecular flexibility index (Phi) is 4.90. The normalized spacial score (nSPS) is 14.1. The van der Waals surface area contributed by atoms with Gasteiger partial charge in [-0.3, -0.25) is 4.79 Å². The van der Waals surface area contributed by atoms with Gasteiger partial charge in [-0.15, -0.1) is 0 Å². The van der Waals surface area contributed by atoms with Gasteiger partial charge in [0.2, 0.25) is 5.91 Å². The first-order chi connectivity index (χ1) is 10.4. The summed E-state index contributed by atoms with van der Waals surface area (Å²) in [5, 5.41) is 13.4. The molecule has 0 unspecified atom stereocenters. The molecule has 6 nitrogen and oxygen atoms in total. The average Bonchev–Trinajstić information content (AvgIpc) is 2.60. The van der Waals surface area contributed by atoms with E-state index in [1.165, 1.54) is 0 Å².